The number of carbonyl (C=O) groups is 2. The number of hydrogen-bond acceptors (Lipinski definition) is 9. The smallest absolute Gasteiger partial charge is 0.251 e. The van der Waals surface area contributed by atoms with Crippen LogP contribution in [0.3, 0.4) is 0 Å². The van der Waals surface area contributed by atoms with Crippen molar-refractivity contribution in [3.8, 4) is 22.8 Å². The van der Waals surface area contributed by atoms with Gasteiger partial charge in [0.25, 0.3) is 5.91 Å². The largest absolute Gasteiger partial charge is 0.495 e. The zero-order valence-electron chi connectivity index (χ0n) is 26.3. The first-order valence-corrected chi connectivity index (χ1v) is 15.5. The second-order valence-corrected chi connectivity index (χ2v) is 12.5. The van der Waals surface area contributed by atoms with Gasteiger partial charge in [0.1, 0.15) is 46.5 Å². The number of benzene rings is 2. The Bertz CT molecular complexity index is 2100. The van der Waals surface area contributed by atoms with Gasteiger partial charge in [-0.15, -0.1) is 0 Å². The molecule has 49 heavy (non-hydrogen) atoms. The van der Waals surface area contributed by atoms with E-state index in [-0.39, 0.29) is 63.5 Å². The van der Waals surface area contributed by atoms with Crippen molar-refractivity contribution in [2.24, 2.45) is 10.7 Å². The second kappa shape index (κ2) is 12.6. The van der Waals surface area contributed by atoms with E-state index in [0.29, 0.717) is 11.6 Å². The quantitative estimate of drug-likeness (QED) is 0.0948. The number of nitrogens with one attached hydrogen (secondary N) is 2. The molecule has 1 fully saturated rings. The lowest BCUT2D eigenvalue weighted by atomic mass is 9.81. The molecule has 0 bridgehead atoms. The fourth-order valence-corrected chi connectivity index (χ4v) is 5.67. The Morgan fingerprint density at radius 3 is 2.67 bits per heavy atom. The van der Waals surface area contributed by atoms with Gasteiger partial charge in [0.2, 0.25) is 11.5 Å². The van der Waals surface area contributed by atoms with E-state index in [4.69, 9.17) is 32.5 Å². The van der Waals surface area contributed by atoms with Crippen LogP contribution in [-0.4, -0.2) is 59.4 Å². The molecule has 0 saturated heterocycles. The van der Waals surface area contributed by atoms with Crippen molar-refractivity contribution in [3.05, 3.63) is 104 Å². The maximum absolute atomic E-state index is 15.3. The van der Waals surface area contributed by atoms with Crippen molar-refractivity contribution < 1.29 is 33.0 Å². The number of amides is 2. The Morgan fingerprint density at radius 2 is 2.00 bits per heavy atom. The number of aliphatic imine (C=N–C) groups is 1. The Morgan fingerprint density at radius 1 is 1.24 bits per heavy atom. The molecule has 2 atom stereocenters. The summed E-state index contributed by atoms with van der Waals surface area (Å²) in [6.45, 7) is 0.659. The van der Waals surface area contributed by atoms with Crippen molar-refractivity contribution in [2.75, 3.05) is 26.0 Å². The average Bonchev–Trinajstić information content (AvgIpc) is 3.85. The molecule has 2 aromatic carbocycles. The van der Waals surface area contributed by atoms with E-state index in [2.05, 4.69) is 20.3 Å². The first-order chi connectivity index (χ1) is 23.2. The number of rotatable bonds is 10. The van der Waals surface area contributed by atoms with Crippen LogP contribution < -0.4 is 31.8 Å². The number of aromatic amines is 1. The Labute approximate surface area is 283 Å². The average molecular weight is 693 g/mol. The summed E-state index contributed by atoms with van der Waals surface area (Å²) < 4.78 is 40.7. The van der Waals surface area contributed by atoms with Gasteiger partial charge < -0.3 is 36.3 Å². The molecule has 1 saturated carbocycles. The third kappa shape index (κ3) is 6.20. The molecule has 0 radical (unpaired) electrons. The van der Waals surface area contributed by atoms with Crippen LogP contribution in [0, 0.1) is 11.6 Å². The number of nitrogens with two attached hydrogens (primary N) is 2. The standard InChI is InChI=1S/C34H31ClF2N6O6/c1-33(32(39)46)15-49-30-21(33)11-26(43-29(30)20-10-22(35)24(37)12-23(20)36)34(47,18-5-6-40-27(44)9-18)14-42-31(45)16-7-17(13-41-19-3-4-19)28(38)25(8-16)48-2/h5-13,19,47H,3-4,14-15,38H2,1-2H3,(H2,39,46)(H,40,44)(H,42,45)/t33-,34+/m0/s1. The van der Waals surface area contributed by atoms with Gasteiger partial charge in [-0.05, 0) is 55.7 Å². The molecule has 2 aliphatic rings. The summed E-state index contributed by atoms with van der Waals surface area (Å²) in [6, 6.07) is 8.52. The fraction of sp³-hybridized carbons (Fsp3) is 0.265. The van der Waals surface area contributed by atoms with Gasteiger partial charge >= 0.3 is 0 Å². The van der Waals surface area contributed by atoms with Gasteiger partial charge in [0, 0.05) is 46.8 Å². The molecule has 2 aromatic heterocycles. The highest BCUT2D eigenvalue weighted by atomic mass is 35.5. The fourth-order valence-electron chi connectivity index (χ4n) is 5.50. The van der Waals surface area contributed by atoms with Crippen LogP contribution >= 0.6 is 11.6 Å². The molecule has 6 rings (SSSR count). The first kappa shape index (κ1) is 33.6. The number of ether oxygens (including phenoxy) is 2. The van der Waals surface area contributed by atoms with Gasteiger partial charge in [0.15, 0.2) is 0 Å². The van der Waals surface area contributed by atoms with Crippen molar-refractivity contribution in [2.45, 2.75) is 36.8 Å². The van der Waals surface area contributed by atoms with Crippen LogP contribution in [0.5, 0.6) is 11.5 Å². The molecule has 7 N–H and O–H groups in total. The third-order valence-corrected chi connectivity index (χ3v) is 8.98. The molecule has 4 aromatic rings. The van der Waals surface area contributed by atoms with Crippen LogP contribution in [0.4, 0.5) is 14.5 Å². The van der Waals surface area contributed by atoms with Crippen LogP contribution in [0.1, 0.15) is 52.5 Å². The number of pyridine rings is 2. The van der Waals surface area contributed by atoms with Gasteiger partial charge in [-0.25, -0.2) is 13.8 Å². The maximum atomic E-state index is 15.3. The second-order valence-electron chi connectivity index (χ2n) is 12.1. The number of aliphatic hydroxyl groups is 1. The SMILES string of the molecule is COc1cc(C(=O)NC[C@@](O)(c2cc[nH]c(=O)c2)c2cc3c(c(-c4cc(Cl)c(F)cc4F)n2)OC[C@]3(C)C(N)=O)cc(C=NC2CC2)c1N. The third-order valence-electron chi connectivity index (χ3n) is 8.69. The number of hydrogen-bond donors (Lipinski definition) is 5. The number of fused-ring (bicyclic) bond motifs is 1. The number of halogens is 3. The number of H-pyrrole nitrogens is 1. The summed E-state index contributed by atoms with van der Waals surface area (Å²) in [5.74, 6) is -3.35. The van der Waals surface area contributed by atoms with Gasteiger partial charge in [0.05, 0.1) is 36.1 Å². The minimum absolute atomic E-state index is 0.0144. The molecular weight excluding hydrogens is 662 g/mol. The lowest BCUT2D eigenvalue weighted by Gasteiger charge is -2.30. The number of methoxy groups -OCH3 is 1. The van der Waals surface area contributed by atoms with E-state index in [9.17, 15) is 23.9 Å². The monoisotopic (exact) mass is 692 g/mol. The normalized spacial score (nSPS) is 18.1. The van der Waals surface area contributed by atoms with Crippen molar-refractivity contribution in [3.63, 3.8) is 0 Å². The van der Waals surface area contributed by atoms with Crippen LogP contribution in [0.25, 0.3) is 11.3 Å². The zero-order chi connectivity index (χ0) is 35.2. The predicted molar refractivity (Wildman–Crippen MR) is 177 cm³/mol. The summed E-state index contributed by atoms with van der Waals surface area (Å²) in [6.07, 6.45) is 4.77. The van der Waals surface area contributed by atoms with E-state index in [1.54, 1.807) is 6.21 Å². The van der Waals surface area contributed by atoms with Gasteiger partial charge in [-0.1, -0.05) is 11.6 Å². The Hall–Kier alpha value is -5.34. The lowest BCUT2D eigenvalue weighted by Crippen LogP contribution is -2.43. The van der Waals surface area contributed by atoms with E-state index >= 15 is 4.39 Å². The highest BCUT2D eigenvalue weighted by Gasteiger charge is 2.46. The Balaban J connectivity index is 1.48. The van der Waals surface area contributed by atoms with Gasteiger partial charge in [-0.2, -0.15) is 0 Å². The summed E-state index contributed by atoms with van der Waals surface area (Å²) in [5.41, 5.74) is 7.88. The van der Waals surface area contributed by atoms with Gasteiger partial charge in [-0.3, -0.25) is 19.4 Å². The van der Waals surface area contributed by atoms with E-state index < -0.39 is 51.6 Å². The van der Waals surface area contributed by atoms with Crippen LogP contribution in [-0.2, 0) is 15.8 Å². The number of nitrogens with zero attached hydrogens (tertiary/aromatic N) is 2. The molecule has 254 valence electrons. The molecule has 15 heteroatoms. The summed E-state index contributed by atoms with van der Waals surface area (Å²) >= 11 is 6.02. The zero-order valence-corrected chi connectivity index (χ0v) is 27.0. The molecule has 3 heterocycles. The van der Waals surface area contributed by atoms with Crippen molar-refractivity contribution >= 4 is 35.3 Å². The summed E-state index contributed by atoms with van der Waals surface area (Å²) in [5, 5.41) is 14.7. The highest BCUT2D eigenvalue weighted by molar-refractivity contribution is 6.31. The number of primary amides is 1. The maximum Gasteiger partial charge on any atom is 0.251 e. The topological polar surface area (TPSA) is 195 Å². The molecule has 12 nitrogen and oxygen atoms in total. The van der Waals surface area contributed by atoms with Crippen LogP contribution in [0.2, 0.25) is 5.02 Å². The molecule has 2 amide bonds. The van der Waals surface area contributed by atoms with E-state index in [1.807, 2.05) is 0 Å². The molecule has 0 unspecified atom stereocenters. The lowest BCUT2D eigenvalue weighted by molar-refractivity contribution is -0.123. The number of nitrogen functional groups attached to an aromatic ring is 1. The number of carbonyl (C=O) groups excluding carboxylic acids is 2. The molecule has 1 aliphatic heterocycles. The number of anilines is 1. The first-order valence-electron chi connectivity index (χ1n) is 15.1. The Kier molecular flexibility index (Phi) is 8.63. The summed E-state index contributed by atoms with van der Waals surface area (Å²) in [7, 11) is 1.40. The summed E-state index contributed by atoms with van der Waals surface area (Å²) in [4.78, 5) is 50.3. The molecular formula is C34H31ClF2N6O6. The van der Waals surface area contributed by atoms with Crippen LogP contribution in [0.15, 0.2) is 58.4 Å². The molecule has 0 spiro atoms. The highest BCUT2D eigenvalue weighted by Crippen LogP contribution is 2.47. The van der Waals surface area contributed by atoms with E-state index in [1.165, 1.54) is 44.5 Å². The van der Waals surface area contributed by atoms with Crippen molar-refractivity contribution in [1.29, 1.82) is 0 Å². The number of aromatic nitrogens is 2. The van der Waals surface area contributed by atoms with E-state index in [0.717, 1.165) is 25.0 Å². The predicted octanol–water partition coefficient (Wildman–Crippen LogP) is 3.34. The molecule has 1 aliphatic carbocycles. The minimum atomic E-state index is -2.29. The minimum Gasteiger partial charge on any atom is -0.495 e. The van der Waals surface area contributed by atoms with Crippen molar-refractivity contribution in [1.82, 2.24) is 15.3 Å².